The Morgan fingerprint density at radius 2 is 1.89 bits per heavy atom. The molecule has 0 unspecified atom stereocenters. The van der Waals surface area contributed by atoms with Crippen molar-refractivity contribution in [2.75, 3.05) is 11.4 Å². The molecular formula is C21H14Cl2NO3-. The van der Waals surface area contributed by atoms with E-state index in [0.29, 0.717) is 39.7 Å². The molecule has 1 fully saturated rings. The number of para-hydroxylation sites is 1. The predicted octanol–water partition coefficient (Wildman–Crippen LogP) is 3.42. The quantitative estimate of drug-likeness (QED) is 0.744. The molecule has 1 aliphatic carbocycles. The summed E-state index contributed by atoms with van der Waals surface area (Å²) in [5.41, 5.74) is 3.25. The highest BCUT2D eigenvalue weighted by atomic mass is 35.5. The fraction of sp³-hybridized carbons (Fsp3) is 0.143. The van der Waals surface area contributed by atoms with Crippen LogP contribution in [0, 0.1) is 0 Å². The second-order valence-electron chi connectivity index (χ2n) is 6.49. The highest BCUT2D eigenvalue weighted by molar-refractivity contribution is 6.36. The number of carboxylic acids is 1. The zero-order chi connectivity index (χ0) is 19.1. The molecular weight excluding hydrogens is 385 g/mol. The van der Waals surface area contributed by atoms with E-state index in [1.807, 2.05) is 30.3 Å². The summed E-state index contributed by atoms with van der Waals surface area (Å²) in [5, 5.41) is 12.5. The number of carboxylic acid groups (broad SMARTS) is 1. The molecule has 4 rings (SSSR count). The minimum Gasteiger partial charge on any atom is -0.545 e. The van der Waals surface area contributed by atoms with Gasteiger partial charge < -0.3 is 14.8 Å². The van der Waals surface area contributed by atoms with Gasteiger partial charge in [-0.1, -0.05) is 41.4 Å². The van der Waals surface area contributed by atoms with Crippen molar-refractivity contribution in [3.63, 3.8) is 0 Å². The van der Waals surface area contributed by atoms with Crippen molar-refractivity contribution in [2.45, 2.75) is 12.8 Å². The van der Waals surface area contributed by atoms with Crippen LogP contribution >= 0.6 is 23.2 Å². The van der Waals surface area contributed by atoms with Crippen LogP contribution in [-0.2, 0) is 16.0 Å². The average Bonchev–Trinajstić information content (AvgIpc) is 3.17. The lowest BCUT2D eigenvalue weighted by Crippen LogP contribution is -2.25. The second-order valence-corrected chi connectivity index (χ2v) is 7.33. The third-order valence-corrected chi connectivity index (χ3v) is 5.37. The molecule has 0 bridgehead atoms. The van der Waals surface area contributed by atoms with Gasteiger partial charge in [-0.25, -0.2) is 0 Å². The molecule has 0 spiro atoms. The van der Waals surface area contributed by atoms with Gasteiger partial charge in [0.2, 0.25) is 0 Å². The van der Waals surface area contributed by atoms with Gasteiger partial charge in [0.1, 0.15) is 0 Å². The highest BCUT2D eigenvalue weighted by Crippen LogP contribution is 2.41. The summed E-state index contributed by atoms with van der Waals surface area (Å²) in [6, 6.07) is 12.7. The number of carbonyl (C=O) groups is 2. The van der Waals surface area contributed by atoms with Crippen LogP contribution < -0.4 is 10.0 Å². The molecule has 1 amide bonds. The van der Waals surface area contributed by atoms with Crippen LogP contribution in [0.25, 0.3) is 5.57 Å². The largest absolute Gasteiger partial charge is 0.545 e. The zero-order valence-corrected chi connectivity index (χ0v) is 15.7. The van der Waals surface area contributed by atoms with Gasteiger partial charge in [-0.2, -0.15) is 0 Å². The topological polar surface area (TPSA) is 60.4 Å². The van der Waals surface area contributed by atoms with Crippen molar-refractivity contribution in [3.8, 4) is 0 Å². The average molecular weight is 399 g/mol. The second kappa shape index (κ2) is 6.87. The fourth-order valence-electron chi connectivity index (χ4n) is 3.62. The van der Waals surface area contributed by atoms with Gasteiger partial charge >= 0.3 is 0 Å². The minimum absolute atomic E-state index is 0.118. The first-order chi connectivity index (χ1) is 13.0. The summed E-state index contributed by atoms with van der Waals surface area (Å²) in [6.45, 7) is 0.545. The molecule has 4 nitrogen and oxygen atoms in total. The number of hydrogen-bond acceptors (Lipinski definition) is 3. The number of rotatable bonds is 3. The van der Waals surface area contributed by atoms with E-state index >= 15 is 0 Å². The van der Waals surface area contributed by atoms with Crippen LogP contribution in [0.3, 0.4) is 0 Å². The zero-order valence-electron chi connectivity index (χ0n) is 14.2. The van der Waals surface area contributed by atoms with Crippen LogP contribution in [0.15, 0.2) is 59.7 Å². The summed E-state index contributed by atoms with van der Waals surface area (Å²) in [5.74, 6) is -1.40. The summed E-state index contributed by atoms with van der Waals surface area (Å²) in [6.07, 6.45) is 2.34. The molecule has 1 saturated heterocycles. The Labute approximate surface area is 166 Å². The van der Waals surface area contributed by atoms with Crippen LogP contribution in [0.5, 0.6) is 0 Å². The molecule has 2 aromatic carbocycles. The number of halogens is 2. The minimum atomic E-state index is -1.27. The number of hydrogen-bond donors (Lipinski definition) is 0. The van der Waals surface area contributed by atoms with E-state index in [1.54, 1.807) is 23.1 Å². The fourth-order valence-corrected chi connectivity index (χ4v) is 4.26. The van der Waals surface area contributed by atoms with Crippen molar-refractivity contribution < 1.29 is 14.7 Å². The SMILES string of the molecule is O=C([O-])C1=C(/C=C2\CCN(c3ccccc3)C2=O)c2c(Cl)cc(Cl)cc2C1. The van der Waals surface area contributed by atoms with E-state index in [1.165, 1.54) is 0 Å². The smallest absolute Gasteiger partial charge is 0.254 e. The Hall–Kier alpha value is -2.56. The first-order valence-corrected chi connectivity index (χ1v) is 9.21. The predicted molar refractivity (Wildman–Crippen MR) is 104 cm³/mol. The molecule has 0 saturated carbocycles. The number of benzene rings is 2. The monoisotopic (exact) mass is 398 g/mol. The first kappa shape index (κ1) is 17.8. The van der Waals surface area contributed by atoms with E-state index in [4.69, 9.17) is 23.2 Å². The maximum absolute atomic E-state index is 12.8. The molecule has 1 heterocycles. The van der Waals surface area contributed by atoms with Crippen LogP contribution in [0.1, 0.15) is 17.5 Å². The van der Waals surface area contributed by atoms with Crippen molar-refractivity contribution in [3.05, 3.63) is 80.9 Å². The van der Waals surface area contributed by atoms with Crippen LogP contribution in [0.4, 0.5) is 5.69 Å². The third-order valence-electron chi connectivity index (χ3n) is 4.86. The number of nitrogens with zero attached hydrogens (tertiary/aromatic N) is 1. The number of anilines is 1. The number of amides is 1. The lowest BCUT2D eigenvalue weighted by atomic mass is 10.0. The first-order valence-electron chi connectivity index (χ1n) is 8.46. The van der Waals surface area contributed by atoms with Crippen molar-refractivity contribution >= 4 is 46.3 Å². The molecule has 6 heteroatoms. The summed E-state index contributed by atoms with van der Waals surface area (Å²) in [7, 11) is 0. The maximum Gasteiger partial charge on any atom is 0.254 e. The van der Waals surface area contributed by atoms with E-state index in [-0.39, 0.29) is 17.9 Å². The Bertz CT molecular complexity index is 1030. The molecule has 0 atom stereocenters. The summed E-state index contributed by atoms with van der Waals surface area (Å²) in [4.78, 5) is 26.2. The number of fused-ring (bicyclic) bond motifs is 1. The van der Waals surface area contributed by atoms with E-state index in [9.17, 15) is 14.7 Å². The lowest BCUT2D eigenvalue weighted by Gasteiger charge is -2.15. The molecule has 1 aliphatic heterocycles. The van der Waals surface area contributed by atoms with E-state index < -0.39 is 5.97 Å². The van der Waals surface area contributed by atoms with Crippen LogP contribution in [-0.4, -0.2) is 18.4 Å². The summed E-state index contributed by atoms with van der Waals surface area (Å²) < 4.78 is 0. The number of allylic oxidation sites excluding steroid dienone is 2. The molecule has 136 valence electrons. The number of carbonyl (C=O) groups excluding carboxylic acids is 2. The van der Waals surface area contributed by atoms with Gasteiger partial charge in [-0.3, -0.25) is 4.79 Å². The molecule has 0 aromatic heterocycles. The Morgan fingerprint density at radius 1 is 1.15 bits per heavy atom. The Morgan fingerprint density at radius 3 is 2.59 bits per heavy atom. The molecule has 0 N–H and O–H groups in total. The maximum atomic E-state index is 12.8. The van der Waals surface area contributed by atoms with Crippen molar-refractivity contribution in [1.29, 1.82) is 0 Å². The normalized spacial score (nSPS) is 17.8. The van der Waals surface area contributed by atoms with Crippen molar-refractivity contribution in [1.82, 2.24) is 0 Å². The third kappa shape index (κ3) is 3.15. The van der Waals surface area contributed by atoms with Crippen LogP contribution in [0.2, 0.25) is 10.0 Å². The van der Waals surface area contributed by atoms with Gasteiger partial charge in [0.15, 0.2) is 0 Å². The molecule has 0 radical (unpaired) electrons. The summed E-state index contributed by atoms with van der Waals surface area (Å²) >= 11 is 12.4. The van der Waals surface area contributed by atoms with E-state index in [0.717, 1.165) is 11.3 Å². The lowest BCUT2D eigenvalue weighted by molar-refractivity contribution is -0.299. The standard InChI is InChI=1S/C21H15Cl2NO3/c22-14-8-13-10-17(21(26)27)16(19(13)18(23)11-14)9-12-6-7-24(20(12)25)15-4-2-1-3-5-15/h1-5,8-9,11H,6-7,10H2,(H,26,27)/p-1/b12-9+. The molecule has 27 heavy (non-hydrogen) atoms. The van der Waals surface area contributed by atoms with Gasteiger partial charge in [0.25, 0.3) is 5.91 Å². The number of aliphatic carboxylic acids is 1. The molecule has 2 aromatic rings. The Kier molecular flexibility index (Phi) is 4.54. The van der Waals surface area contributed by atoms with Crippen molar-refractivity contribution in [2.24, 2.45) is 0 Å². The Balaban J connectivity index is 1.76. The highest BCUT2D eigenvalue weighted by Gasteiger charge is 2.30. The molecule has 2 aliphatic rings. The van der Waals surface area contributed by atoms with E-state index in [2.05, 4.69) is 0 Å². The van der Waals surface area contributed by atoms with Gasteiger partial charge in [-0.15, -0.1) is 0 Å². The van der Waals surface area contributed by atoms with Gasteiger partial charge in [-0.05, 0) is 53.5 Å². The van der Waals surface area contributed by atoms with Gasteiger partial charge in [0.05, 0.1) is 11.0 Å². The van der Waals surface area contributed by atoms with Gasteiger partial charge in [0, 0.05) is 34.8 Å².